The summed E-state index contributed by atoms with van der Waals surface area (Å²) in [4.78, 5) is 36.4. The molecule has 9 heteroatoms. The van der Waals surface area contributed by atoms with Crippen molar-refractivity contribution in [3.05, 3.63) is 59.2 Å². The first-order valence-corrected chi connectivity index (χ1v) is 8.74. The molecule has 0 aliphatic carbocycles. The fraction of sp³-hybridized carbons (Fsp3) is 0.100. The molecule has 0 radical (unpaired) electrons. The number of amides is 2. The molecule has 1 aliphatic rings. The molecule has 0 saturated carbocycles. The highest BCUT2D eigenvalue weighted by Gasteiger charge is 2.25. The standard InChI is InChI=1S/C20H16N2O6S/c1-26-13-6-4-12(5-7-13)19(25)28-16-10-11(3-8-15(16)27-2)9-14-17(23)21-20(29)22-18(14)24/h3-10H,1-2H3,(H2,21,22,23,24,29). The van der Waals surface area contributed by atoms with E-state index in [4.69, 9.17) is 26.4 Å². The minimum absolute atomic E-state index is 0.0546. The summed E-state index contributed by atoms with van der Waals surface area (Å²) in [6.07, 6.45) is 1.36. The molecule has 1 heterocycles. The van der Waals surface area contributed by atoms with E-state index in [0.29, 0.717) is 22.6 Å². The molecule has 0 spiro atoms. The van der Waals surface area contributed by atoms with Gasteiger partial charge in [-0.05, 0) is 60.3 Å². The zero-order valence-corrected chi connectivity index (χ0v) is 16.3. The fourth-order valence-corrected chi connectivity index (χ4v) is 2.71. The number of hydrogen-bond donors (Lipinski definition) is 2. The average Bonchev–Trinajstić information content (AvgIpc) is 2.71. The summed E-state index contributed by atoms with van der Waals surface area (Å²) >= 11 is 4.77. The smallest absolute Gasteiger partial charge is 0.343 e. The van der Waals surface area contributed by atoms with Crippen LogP contribution in [0.1, 0.15) is 15.9 Å². The third kappa shape index (κ3) is 4.58. The quantitative estimate of drug-likeness (QED) is 0.254. The largest absolute Gasteiger partial charge is 0.497 e. The zero-order valence-electron chi connectivity index (χ0n) is 15.5. The van der Waals surface area contributed by atoms with Gasteiger partial charge < -0.3 is 14.2 Å². The van der Waals surface area contributed by atoms with E-state index in [2.05, 4.69) is 10.6 Å². The van der Waals surface area contributed by atoms with Crippen LogP contribution in [0.15, 0.2) is 48.0 Å². The van der Waals surface area contributed by atoms with E-state index in [1.807, 2.05) is 0 Å². The summed E-state index contributed by atoms with van der Waals surface area (Å²) in [7, 11) is 2.96. The first-order chi connectivity index (χ1) is 13.9. The maximum atomic E-state index is 12.4. The maximum Gasteiger partial charge on any atom is 0.343 e. The second-order valence-corrected chi connectivity index (χ2v) is 6.23. The second kappa shape index (κ2) is 8.53. The molecule has 148 valence electrons. The van der Waals surface area contributed by atoms with Gasteiger partial charge in [-0.15, -0.1) is 0 Å². The van der Waals surface area contributed by atoms with Crippen LogP contribution in [0, 0.1) is 0 Å². The zero-order chi connectivity index (χ0) is 21.0. The second-order valence-electron chi connectivity index (χ2n) is 5.82. The number of thiocarbonyl (C=S) groups is 1. The van der Waals surface area contributed by atoms with Gasteiger partial charge in [0.2, 0.25) is 0 Å². The van der Waals surface area contributed by atoms with Crippen LogP contribution in [0.4, 0.5) is 0 Å². The van der Waals surface area contributed by atoms with Crippen molar-refractivity contribution >= 4 is 41.2 Å². The number of nitrogens with one attached hydrogen (secondary N) is 2. The summed E-state index contributed by atoms with van der Waals surface area (Å²) in [6.45, 7) is 0. The van der Waals surface area contributed by atoms with Gasteiger partial charge in [0.05, 0.1) is 19.8 Å². The fourth-order valence-electron chi connectivity index (χ4n) is 2.52. The molecule has 2 amide bonds. The summed E-state index contributed by atoms with van der Waals surface area (Å²) in [6, 6.07) is 11.1. The number of carbonyl (C=O) groups excluding carboxylic acids is 3. The van der Waals surface area contributed by atoms with E-state index in [1.54, 1.807) is 36.4 Å². The van der Waals surface area contributed by atoms with Gasteiger partial charge in [-0.1, -0.05) is 6.07 Å². The van der Waals surface area contributed by atoms with Crippen molar-refractivity contribution in [2.75, 3.05) is 14.2 Å². The number of carbonyl (C=O) groups is 3. The van der Waals surface area contributed by atoms with Crippen molar-refractivity contribution in [1.82, 2.24) is 10.6 Å². The van der Waals surface area contributed by atoms with Gasteiger partial charge >= 0.3 is 5.97 Å². The predicted octanol–water partition coefficient (Wildman–Crippen LogP) is 1.84. The lowest BCUT2D eigenvalue weighted by atomic mass is 10.1. The van der Waals surface area contributed by atoms with Crippen molar-refractivity contribution in [2.45, 2.75) is 0 Å². The molecule has 0 aromatic heterocycles. The van der Waals surface area contributed by atoms with Crippen LogP contribution in [0.3, 0.4) is 0 Å². The molecular formula is C20H16N2O6S. The molecule has 8 nitrogen and oxygen atoms in total. The molecule has 29 heavy (non-hydrogen) atoms. The SMILES string of the molecule is COc1ccc(C(=O)Oc2cc(C=C3C(=O)NC(=S)NC3=O)ccc2OC)cc1. The van der Waals surface area contributed by atoms with Crippen LogP contribution in [0.2, 0.25) is 0 Å². The number of hydrogen-bond acceptors (Lipinski definition) is 7. The van der Waals surface area contributed by atoms with Gasteiger partial charge in [0.1, 0.15) is 11.3 Å². The van der Waals surface area contributed by atoms with Crippen LogP contribution < -0.4 is 24.8 Å². The Morgan fingerprint density at radius 3 is 2.17 bits per heavy atom. The van der Waals surface area contributed by atoms with Gasteiger partial charge in [-0.3, -0.25) is 20.2 Å². The Balaban J connectivity index is 1.88. The Bertz CT molecular complexity index is 1010. The summed E-state index contributed by atoms with van der Waals surface area (Å²) in [5.74, 6) is -0.786. The number of ether oxygens (including phenoxy) is 3. The number of benzene rings is 2. The Kier molecular flexibility index (Phi) is 5.89. The van der Waals surface area contributed by atoms with Crippen LogP contribution in [-0.2, 0) is 9.59 Å². The first-order valence-electron chi connectivity index (χ1n) is 8.34. The van der Waals surface area contributed by atoms with Crippen LogP contribution in [-0.4, -0.2) is 37.1 Å². The third-order valence-electron chi connectivity index (χ3n) is 3.97. The van der Waals surface area contributed by atoms with Crippen molar-refractivity contribution in [2.24, 2.45) is 0 Å². The minimum atomic E-state index is -0.619. The third-order valence-corrected chi connectivity index (χ3v) is 4.17. The Labute approximate surface area is 171 Å². The minimum Gasteiger partial charge on any atom is -0.497 e. The van der Waals surface area contributed by atoms with Crippen LogP contribution in [0.5, 0.6) is 17.2 Å². The topological polar surface area (TPSA) is 103 Å². The number of rotatable bonds is 5. The lowest BCUT2D eigenvalue weighted by Crippen LogP contribution is -2.51. The molecule has 1 aliphatic heterocycles. The van der Waals surface area contributed by atoms with Gasteiger partial charge in [-0.2, -0.15) is 0 Å². The monoisotopic (exact) mass is 412 g/mol. The van der Waals surface area contributed by atoms with E-state index in [9.17, 15) is 14.4 Å². The molecule has 2 N–H and O–H groups in total. The number of methoxy groups -OCH3 is 2. The Morgan fingerprint density at radius 1 is 0.931 bits per heavy atom. The molecule has 2 aromatic rings. The van der Waals surface area contributed by atoms with E-state index < -0.39 is 17.8 Å². The average molecular weight is 412 g/mol. The van der Waals surface area contributed by atoms with Crippen molar-refractivity contribution in [3.8, 4) is 17.2 Å². The van der Waals surface area contributed by atoms with Crippen LogP contribution >= 0.6 is 12.2 Å². The molecule has 0 atom stereocenters. The van der Waals surface area contributed by atoms with Crippen LogP contribution in [0.25, 0.3) is 6.08 Å². The van der Waals surface area contributed by atoms with Gasteiger partial charge in [0.25, 0.3) is 11.8 Å². The lowest BCUT2D eigenvalue weighted by Gasteiger charge is -2.16. The Morgan fingerprint density at radius 2 is 1.59 bits per heavy atom. The maximum absolute atomic E-state index is 12.4. The highest BCUT2D eigenvalue weighted by molar-refractivity contribution is 7.80. The van der Waals surface area contributed by atoms with Crippen molar-refractivity contribution in [3.63, 3.8) is 0 Å². The van der Waals surface area contributed by atoms with E-state index >= 15 is 0 Å². The van der Waals surface area contributed by atoms with Gasteiger partial charge in [-0.25, -0.2) is 4.79 Å². The predicted molar refractivity (Wildman–Crippen MR) is 108 cm³/mol. The highest BCUT2D eigenvalue weighted by Crippen LogP contribution is 2.30. The molecule has 3 rings (SSSR count). The van der Waals surface area contributed by atoms with E-state index in [-0.39, 0.29) is 16.4 Å². The Hall–Kier alpha value is -3.72. The molecule has 0 unspecified atom stereocenters. The van der Waals surface area contributed by atoms with Gasteiger partial charge in [0.15, 0.2) is 16.6 Å². The van der Waals surface area contributed by atoms with Crippen molar-refractivity contribution < 1.29 is 28.6 Å². The van der Waals surface area contributed by atoms with E-state index in [1.165, 1.54) is 26.4 Å². The molecule has 1 saturated heterocycles. The van der Waals surface area contributed by atoms with Gasteiger partial charge in [0, 0.05) is 0 Å². The lowest BCUT2D eigenvalue weighted by molar-refractivity contribution is -0.123. The summed E-state index contributed by atoms with van der Waals surface area (Å²) < 4.78 is 15.7. The molecule has 2 aromatic carbocycles. The normalized spacial score (nSPS) is 13.3. The highest BCUT2D eigenvalue weighted by atomic mass is 32.1. The van der Waals surface area contributed by atoms with E-state index in [0.717, 1.165) is 0 Å². The summed E-state index contributed by atoms with van der Waals surface area (Å²) in [5, 5.41) is 4.65. The molecule has 0 bridgehead atoms. The molecule has 1 fully saturated rings. The first kappa shape index (κ1) is 20.0. The number of esters is 1. The summed E-state index contributed by atoms with van der Waals surface area (Å²) in [5.41, 5.74) is 0.642. The van der Waals surface area contributed by atoms with Crippen molar-refractivity contribution in [1.29, 1.82) is 0 Å². The molecular weight excluding hydrogens is 396 g/mol.